The summed E-state index contributed by atoms with van der Waals surface area (Å²) in [5, 5.41) is 0.814. The third kappa shape index (κ3) is 2.80. The van der Waals surface area contributed by atoms with Crippen LogP contribution in [-0.2, 0) is 0 Å². The number of aryl methyl sites for hydroxylation is 1. The van der Waals surface area contributed by atoms with Crippen LogP contribution in [-0.4, -0.2) is 19.3 Å². The number of benzene rings is 2. The second-order valence-electron chi connectivity index (χ2n) is 5.75. The van der Waals surface area contributed by atoms with Crippen molar-refractivity contribution in [2.24, 2.45) is 0 Å². The highest BCUT2D eigenvalue weighted by atomic mass is 16.6. The lowest BCUT2D eigenvalue weighted by atomic mass is 10.2. The van der Waals surface area contributed by atoms with Crippen molar-refractivity contribution in [3.05, 3.63) is 64.5 Å². The smallest absolute Gasteiger partial charge is 0.379 e. The Morgan fingerprint density at radius 3 is 2.92 bits per heavy atom. The van der Waals surface area contributed by atoms with Crippen molar-refractivity contribution in [2.75, 3.05) is 13.2 Å². The van der Waals surface area contributed by atoms with Crippen LogP contribution in [0.3, 0.4) is 0 Å². The van der Waals surface area contributed by atoms with E-state index < -0.39 is 5.63 Å². The molecule has 1 aliphatic rings. The van der Waals surface area contributed by atoms with Crippen molar-refractivity contribution in [2.45, 2.75) is 13.0 Å². The second-order valence-corrected chi connectivity index (χ2v) is 5.75. The molecule has 0 saturated carbocycles. The van der Waals surface area contributed by atoms with E-state index in [4.69, 9.17) is 18.6 Å². The molecule has 0 bridgehead atoms. The summed E-state index contributed by atoms with van der Waals surface area (Å²) in [6.45, 7) is 2.56. The molecule has 0 fully saturated rings. The SMILES string of the molecule is Cc1ccc2c(c1)OC(COc1cc3ccccc3oc1=O)CO2. The lowest BCUT2D eigenvalue weighted by Crippen LogP contribution is -2.35. The average molecular weight is 324 g/mol. The summed E-state index contributed by atoms with van der Waals surface area (Å²) < 4.78 is 22.4. The average Bonchev–Trinajstić information content (AvgIpc) is 2.59. The minimum absolute atomic E-state index is 0.173. The molecule has 3 aromatic rings. The van der Waals surface area contributed by atoms with Crippen LogP contribution in [0.2, 0.25) is 0 Å². The molecular formula is C19H16O5. The monoisotopic (exact) mass is 324 g/mol. The molecule has 1 unspecified atom stereocenters. The zero-order valence-electron chi connectivity index (χ0n) is 13.2. The first-order valence-electron chi connectivity index (χ1n) is 7.75. The molecule has 1 atom stereocenters. The van der Waals surface area contributed by atoms with Gasteiger partial charge in [-0.05, 0) is 36.8 Å². The fourth-order valence-electron chi connectivity index (χ4n) is 2.63. The molecule has 5 heteroatoms. The maximum Gasteiger partial charge on any atom is 0.379 e. The number of ether oxygens (including phenoxy) is 3. The van der Waals surface area contributed by atoms with Gasteiger partial charge in [-0.25, -0.2) is 4.79 Å². The first-order chi connectivity index (χ1) is 11.7. The summed E-state index contributed by atoms with van der Waals surface area (Å²) in [4.78, 5) is 12.0. The molecule has 5 nitrogen and oxygen atoms in total. The van der Waals surface area contributed by atoms with E-state index in [1.165, 1.54) is 0 Å². The molecule has 0 spiro atoms. The van der Waals surface area contributed by atoms with Crippen LogP contribution in [0.15, 0.2) is 57.7 Å². The molecule has 1 aliphatic heterocycles. The van der Waals surface area contributed by atoms with Crippen LogP contribution in [0.1, 0.15) is 5.56 Å². The highest BCUT2D eigenvalue weighted by Crippen LogP contribution is 2.32. The zero-order valence-corrected chi connectivity index (χ0v) is 13.2. The Hall–Kier alpha value is -2.95. The Labute approximate surface area is 138 Å². The Bertz CT molecular complexity index is 944. The lowest BCUT2D eigenvalue weighted by Gasteiger charge is -2.26. The van der Waals surface area contributed by atoms with Crippen molar-refractivity contribution in [1.29, 1.82) is 0 Å². The van der Waals surface area contributed by atoms with Crippen molar-refractivity contribution in [3.8, 4) is 17.2 Å². The molecule has 0 saturated heterocycles. The summed E-state index contributed by atoms with van der Waals surface area (Å²) in [6.07, 6.45) is -0.287. The maximum atomic E-state index is 12.0. The van der Waals surface area contributed by atoms with Crippen LogP contribution in [0.4, 0.5) is 0 Å². The number of rotatable bonds is 3. The van der Waals surface area contributed by atoms with E-state index in [0.29, 0.717) is 17.9 Å². The molecule has 0 N–H and O–H groups in total. The molecule has 24 heavy (non-hydrogen) atoms. The number of fused-ring (bicyclic) bond motifs is 2. The Kier molecular flexibility index (Phi) is 3.61. The van der Waals surface area contributed by atoms with Crippen molar-refractivity contribution in [3.63, 3.8) is 0 Å². The Balaban J connectivity index is 1.49. The summed E-state index contributed by atoms with van der Waals surface area (Å²) in [7, 11) is 0. The first kappa shape index (κ1) is 14.6. The van der Waals surface area contributed by atoms with E-state index in [0.717, 1.165) is 16.7 Å². The van der Waals surface area contributed by atoms with E-state index in [9.17, 15) is 4.79 Å². The van der Waals surface area contributed by atoms with E-state index in [-0.39, 0.29) is 18.5 Å². The first-order valence-corrected chi connectivity index (χ1v) is 7.75. The van der Waals surface area contributed by atoms with Gasteiger partial charge in [-0.15, -0.1) is 0 Å². The second kappa shape index (κ2) is 5.92. The van der Waals surface area contributed by atoms with Gasteiger partial charge in [0.25, 0.3) is 0 Å². The molecular weight excluding hydrogens is 308 g/mol. The van der Waals surface area contributed by atoms with Gasteiger partial charge in [0.15, 0.2) is 17.6 Å². The van der Waals surface area contributed by atoms with Crippen LogP contribution in [0.5, 0.6) is 17.2 Å². The summed E-state index contributed by atoms with van der Waals surface area (Å²) in [6, 6.07) is 14.8. The predicted octanol–water partition coefficient (Wildman–Crippen LogP) is 3.32. The third-order valence-corrected chi connectivity index (χ3v) is 3.85. The number of para-hydroxylation sites is 1. The van der Waals surface area contributed by atoms with Gasteiger partial charge >= 0.3 is 5.63 Å². The predicted molar refractivity (Wildman–Crippen MR) is 89.1 cm³/mol. The topological polar surface area (TPSA) is 57.9 Å². The Morgan fingerprint density at radius 2 is 2.00 bits per heavy atom. The fraction of sp³-hybridized carbons (Fsp3) is 0.211. The lowest BCUT2D eigenvalue weighted by molar-refractivity contribution is 0.0525. The van der Waals surface area contributed by atoms with E-state index in [1.54, 1.807) is 12.1 Å². The van der Waals surface area contributed by atoms with Crippen LogP contribution >= 0.6 is 0 Å². The third-order valence-electron chi connectivity index (χ3n) is 3.85. The number of hydrogen-bond acceptors (Lipinski definition) is 5. The van der Waals surface area contributed by atoms with Gasteiger partial charge in [-0.2, -0.15) is 0 Å². The van der Waals surface area contributed by atoms with Gasteiger partial charge in [0.2, 0.25) is 5.75 Å². The largest absolute Gasteiger partial charge is 0.486 e. The molecule has 1 aromatic heterocycles. The molecule has 0 aliphatic carbocycles. The molecule has 2 heterocycles. The van der Waals surface area contributed by atoms with Crippen molar-refractivity contribution < 1.29 is 18.6 Å². The quantitative estimate of drug-likeness (QED) is 0.692. The van der Waals surface area contributed by atoms with Crippen molar-refractivity contribution >= 4 is 11.0 Å². The van der Waals surface area contributed by atoms with Gasteiger partial charge in [0.1, 0.15) is 18.8 Å². The van der Waals surface area contributed by atoms with Crippen LogP contribution < -0.4 is 19.8 Å². The minimum Gasteiger partial charge on any atom is -0.486 e. The molecule has 2 aromatic carbocycles. The molecule has 0 radical (unpaired) electrons. The van der Waals surface area contributed by atoms with Gasteiger partial charge in [-0.1, -0.05) is 24.3 Å². The number of hydrogen-bond donors (Lipinski definition) is 0. The van der Waals surface area contributed by atoms with Gasteiger partial charge in [0.05, 0.1) is 0 Å². The van der Waals surface area contributed by atoms with Gasteiger partial charge in [-0.3, -0.25) is 0 Å². The summed E-state index contributed by atoms with van der Waals surface area (Å²) in [5.41, 5.74) is 1.13. The summed E-state index contributed by atoms with van der Waals surface area (Å²) >= 11 is 0. The molecule has 4 rings (SSSR count). The highest BCUT2D eigenvalue weighted by Gasteiger charge is 2.22. The molecule has 122 valence electrons. The standard InChI is InChI=1S/C19H16O5/c1-12-6-7-16-17(8-12)23-14(10-21-16)11-22-18-9-13-4-2-3-5-15(13)24-19(18)20/h2-9,14H,10-11H2,1H3. The van der Waals surface area contributed by atoms with Gasteiger partial charge < -0.3 is 18.6 Å². The van der Waals surface area contributed by atoms with Crippen LogP contribution in [0.25, 0.3) is 11.0 Å². The fourth-order valence-corrected chi connectivity index (χ4v) is 2.63. The Morgan fingerprint density at radius 1 is 1.12 bits per heavy atom. The van der Waals surface area contributed by atoms with E-state index in [1.807, 2.05) is 43.3 Å². The zero-order chi connectivity index (χ0) is 16.5. The maximum absolute atomic E-state index is 12.0. The minimum atomic E-state index is -0.498. The summed E-state index contributed by atoms with van der Waals surface area (Å²) in [5.74, 6) is 1.59. The molecule has 0 amide bonds. The normalized spacial score (nSPS) is 16.1. The van der Waals surface area contributed by atoms with Crippen LogP contribution in [0, 0.1) is 6.92 Å². The van der Waals surface area contributed by atoms with E-state index in [2.05, 4.69) is 0 Å². The van der Waals surface area contributed by atoms with Crippen molar-refractivity contribution in [1.82, 2.24) is 0 Å². The highest BCUT2D eigenvalue weighted by molar-refractivity contribution is 5.77. The van der Waals surface area contributed by atoms with E-state index >= 15 is 0 Å². The van der Waals surface area contributed by atoms with Gasteiger partial charge in [0, 0.05) is 5.39 Å².